The number of likely N-dealkylation sites (N-methyl/N-ethyl adjacent to an activating group) is 1. The Labute approximate surface area is 245 Å². The van der Waals surface area contributed by atoms with Crippen LogP contribution in [-0.4, -0.2) is 71.8 Å². The molecule has 2 unspecified atom stereocenters. The number of aliphatic hydroxyl groups excluding tert-OH is 1. The summed E-state index contributed by atoms with van der Waals surface area (Å²) in [5, 5.41) is 10.1. The fourth-order valence-corrected chi connectivity index (χ4v) is 9.19. The number of aliphatic hydroxyl groups is 1. The SMILES string of the molecule is CCN(C(=O)CCCCCc1ccccc1)[C@H]1CC[C@H]2[C@H]3Cc4ccc(OC)c5c4[C@@]2(CCN3CC2CC2O)[C@H]1O5. The first-order valence-corrected chi connectivity index (χ1v) is 16.2. The number of ether oxygens (including phenoxy) is 2. The Morgan fingerprint density at radius 1 is 1.15 bits per heavy atom. The van der Waals surface area contributed by atoms with Gasteiger partial charge < -0.3 is 19.5 Å². The van der Waals surface area contributed by atoms with Crippen LogP contribution in [0, 0.1) is 11.8 Å². The summed E-state index contributed by atoms with van der Waals surface area (Å²) in [7, 11) is 1.74. The van der Waals surface area contributed by atoms with Crippen LogP contribution in [0.3, 0.4) is 0 Å². The molecule has 6 heteroatoms. The number of hydrogen-bond donors (Lipinski definition) is 1. The molecule has 2 aromatic rings. The van der Waals surface area contributed by atoms with Crippen molar-refractivity contribution in [3.63, 3.8) is 0 Å². The second-order valence-corrected chi connectivity index (χ2v) is 13.3. The minimum absolute atomic E-state index is 0.0234. The highest BCUT2D eigenvalue weighted by atomic mass is 16.5. The van der Waals surface area contributed by atoms with Crippen LogP contribution in [0.2, 0.25) is 0 Å². The summed E-state index contributed by atoms with van der Waals surface area (Å²) in [6, 6.07) is 15.6. The predicted molar refractivity (Wildman–Crippen MR) is 159 cm³/mol. The van der Waals surface area contributed by atoms with Crippen molar-refractivity contribution in [2.75, 3.05) is 26.7 Å². The number of piperidine rings is 1. The molecule has 3 aliphatic carbocycles. The molecule has 6 nitrogen and oxygen atoms in total. The largest absolute Gasteiger partial charge is 0.493 e. The smallest absolute Gasteiger partial charge is 0.222 e. The fourth-order valence-electron chi connectivity index (χ4n) is 9.19. The lowest BCUT2D eigenvalue weighted by molar-refractivity contribution is -0.142. The van der Waals surface area contributed by atoms with Crippen molar-refractivity contribution in [3.8, 4) is 11.5 Å². The molecule has 41 heavy (non-hydrogen) atoms. The normalized spacial score (nSPS) is 32.7. The first-order valence-electron chi connectivity index (χ1n) is 16.2. The second kappa shape index (κ2) is 10.9. The number of hydrogen-bond acceptors (Lipinski definition) is 5. The van der Waals surface area contributed by atoms with Gasteiger partial charge in [0, 0.05) is 42.4 Å². The van der Waals surface area contributed by atoms with Gasteiger partial charge in [-0.1, -0.05) is 42.8 Å². The molecular weight excluding hydrogens is 512 g/mol. The number of carbonyl (C=O) groups is 1. The molecule has 1 amide bonds. The van der Waals surface area contributed by atoms with Crippen LogP contribution in [0.25, 0.3) is 0 Å². The summed E-state index contributed by atoms with van der Waals surface area (Å²) < 4.78 is 12.8. The summed E-state index contributed by atoms with van der Waals surface area (Å²) >= 11 is 0. The average Bonchev–Trinajstić information content (AvgIpc) is 3.57. The first-order chi connectivity index (χ1) is 20.0. The van der Waals surface area contributed by atoms with Crippen LogP contribution in [0.15, 0.2) is 42.5 Å². The molecule has 1 saturated heterocycles. The van der Waals surface area contributed by atoms with Crippen molar-refractivity contribution in [3.05, 3.63) is 59.2 Å². The number of benzene rings is 2. The number of likely N-dealkylation sites (tertiary alicyclic amines) is 1. The third-order valence-electron chi connectivity index (χ3n) is 11.2. The van der Waals surface area contributed by atoms with Gasteiger partial charge >= 0.3 is 0 Å². The monoisotopic (exact) mass is 558 g/mol. The van der Waals surface area contributed by atoms with E-state index in [9.17, 15) is 9.90 Å². The van der Waals surface area contributed by atoms with Crippen molar-refractivity contribution >= 4 is 5.91 Å². The van der Waals surface area contributed by atoms with E-state index >= 15 is 0 Å². The molecule has 2 heterocycles. The van der Waals surface area contributed by atoms with E-state index in [1.54, 1.807) is 7.11 Å². The Kier molecular flexibility index (Phi) is 7.27. The van der Waals surface area contributed by atoms with Crippen molar-refractivity contribution in [1.29, 1.82) is 0 Å². The Morgan fingerprint density at radius 3 is 2.73 bits per heavy atom. The van der Waals surface area contributed by atoms with E-state index in [1.165, 1.54) is 16.7 Å². The van der Waals surface area contributed by atoms with Crippen LogP contribution in [0.4, 0.5) is 0 Å². The molecule has 3 fully saturated rings. The van der Waals surface area contributed by atoms with Crippen LogP contribution < -0.4 is 9.47 Å². The maximum atomic E-state index is 13.7. The lowest BCUT2D eigenvalue weighted by Crippen LogP contribution is -2.69. The summed E-state index contributed by atoms with van der Waals surface area (Å²) in [5.41, 5.74) is 4.11. The number of unbranched alkanes of at least 4 members (excludes halogenated alkanes) is 2. The van der Waals surface area contributed by atoms with Gasteiger partial charge in [-0.25, -0.2) is 0 Å². The van der Waals surface area contributed by atoms with E-state index < -0.39 is 0 Å². The zero-order valence-corrected chi connectivity index (χ0v) is 24.8. The number of nitrogens with zero attached hydrogens (tertiary/aromatic N) is 2. The Bertz CT molecular complexity index is 1270. The number of aryl methyl sites for hydroxylation is 1. The number of methoxy groups -OCH3 is 1. The van der Waals surface area contributed by atoms with Crippen molar-refractivity contribution in [2.24, 2.45) is 11.8 Å². The molecule has 1 spiro atoms. The van der Waals surface area contributed by atoms with Gasteiger partial charge in [0.1, 0.15) is 6.10 Å². The van der Waals surface area contributed by atoms with Crippen molar-refractivity contribution in [2.45, 2.75) is 101 Å². The Hall–Kier alpha value is -2.57. The highest BCUT2D eigenvalue weighted by molar-refractivity contribution is 5.77. The van der Waals surface area contributed by atoms with E-state index in [2.05, 4.69) is 59.2 Å². The van der Waals surface area contributed by atoms with Gasteiger partial charge in [-0.3, -0.25) is 9.69 Å². The highest BCUT2D eigenvalue weighted by Gasteiger charge is 2.66. The maximum Gasteiger partial charge on any atom is 0.222 e. The minimum atomic E-state index is -0.113. The standard InChI is InChI=1S/C35H46N2O4/c1-3-37(31(39)13-9-5-8-12-23-10-6-4-7-11-23)27-16-15-26-28-20-24-14-17-30(40-2)33-32(24)35(26,34(27)41-33)18-19-36(28)22-25-21-29(25)38/h4,6-7,10-11,14,17,25-29,34,38H,3,5,8-9,12-13,15-16,18-22H2,1-2H3/t25?,26-,27-,28+,29?,34-,35-/m0/s1. The van der Waals surface area contributed by atoms with E-state index in [1.807, 2.05) is 0 Å². The first kappa shape index (κ1) is 27.3. The molecule has 2 saturated carbocycles. The van der Waals surface area contributed by atoms with E-state index in [4.69, 9.17) is 9.47 Å². The van der Waals surface area contributed by atoms with Gasteiger partial charge in [0.05, 0.1) is 19.3 Å². The summed E-state index contributed by atoms with van der Waals surface area (Å²) in [5.74, 6) is 3.01. The van der Waals surface area contributed by atoms with Crippen LogP contribution >= 0.6 is 0 Å². The lowest BCUT2D eigenvalue weighted by Gasteiger charge is -2.60. The van der Waals surface area contributed by atoms with Gasteiger partial charge in [-0.15, -0.1) is 0 Å². The van der Waals surface area contributed by atoms with Crippen LogP contribution in [0.1, 0.15) is 75.0 Å². The zero-order valence-electron chi connectivity index (χ0n) is 24.8. The minimum Gasteiger partial charge on any atom is -0.493 e. The number of amides is 1. The van der Waals surface area contributed by atoms with Gasteiger partial charge in [-0.05, 0) is 87.9 Å². The third kappa shape index (κ3) is 4.57. The van der Waals surface area contributed by atoms with Crippen LogP contribution in [-0.2, 0) is 23.1 Å². The molecule has 0 radical (unpaired) electrons. The molecule has 1 N–H and O–H groups in total. The highest BCUT2D eigenvalue weighted by Crippen LogP contribution is 2.64. The number of rotatable bonds is 11. The summed E-state index contributed by atoms with van der Waals surface area (Å²) in [4.78, 5) is 18.6. The van der Waals surface area contributed by atoms with E-state index in [-0.39, 0.29) is 29.6 Å². The van der Waals surface area contributed by atoms with Crippen LogP contribution in [0.5, 0.6) is 11.5 Å². The molecular formula is C35H46N2O4. The number of carbonyl (C=O) groups excluding carboxylic acids is 1. The third-order valence-corrected chi connectivity index (χ3v) is 11.2. The topological polar surface area (TPSA) is 62.2 Å². The Morgan fingerprint density at radius 2 is 1.98 bits per heavy atom. The zero-order chi connectivity index (χ0) is 28.1. The van der Waals surface area contributed by atoms with Gasteiger partial charge in [-0.2, -0.15) is 0 Å². The molecule has 2 aliphatic heterocycles. The summed E-state index contributed by atoms with van der Waals surface area (Å²) in [6.07, 6.45) is 9.86. The maximum absolute atomic E-state index is 13.7. The van der Waals surface area contributed by atoms with E-state index in [0.29, 0.717) is 24.3 Å². The summed E-state index contributed by atoms with van der Waals surface area (Å²) in [6.45, 7) is 4.91. The van der Waals surface area contributed by atoms with E-state index in [0.717, 1.165) is 88.9 Å². The van der Waals surface area contributed by atoms with Crippen molar-refractivity contribution in [1.82, 2.24) is 9.80 Å². The molecule has 220 valence electrons. The average molecular weight is 559 g/mol. The van der Waals surface area contributed by atoms with Gasteiger partial charge in [0.15, 0.2) is 11.5 Å². The molecule has 7 atom stereocenters. The predicted octanol–water partition coefficient (Wildman–Crippen LogP) is 5.14. The molecule has 2 aromatic carbocycles. The lowest BCUT2D eigenvalue weighted by atomic mass is 9.51. The van der Waals surface area contributed by atoms with Gasteiger partial charge in [0.2, 0.25) is 5.91 Å². The molecule has 0 aromatic heterocycles. The molecule has 2 bridgehead atoms. The second-order valence-electron chi connectivity index (χ2n) is 13.3. The molecule has 7 rings (SSSR count). The van der Waals surface area contributed by atoms with Gasteiger partial charge in [0.25, 0.3) is 0 Å². The fraction of sp³-hybridized carbons (Fsp3) is 0.629. The quantitative estimate of drug-likeness (QED) is 0.387. The molecule has 5 aliphatic rings. The Balaban J connectivity index is 1.10. The van der Waals surface area contributed by atoms with Crippen molar-refractivity contribution < 1.29 is 19.4 Å².